The van der Waals surface area contributed by atoms with Gasteiger partial charge in [-0.2, -0.15) is 0 Å². The summed E-state index contributed by atoms with van der Waals surface area (Å²) in [5.74, 6) is 1.86. The monoisotopic (exact) mass is 605 g/mol. The molecule has 7 aromatic rings. The lowest BCUT2D eigenvalue weighted by molar-refractivity contribution is 0.475. The molecule has 2 heterocycles. The molecule has 1 aromatic heterocycles. The van der Waals surface area contributed by atoms with Crippen LogP contribution in [-0.4, -0.2) is 17.8 Å². The van der Waals surface area contributed by atoms with Gasteiger partial charge < -0.3 is 9.73 Å². The first-order valence-corrected chi connectivity index (χ1v) is 16.1. The van der Waals surface area contributed by atoms with Gasteiger partial charge in [-0.05, 0) is 69.8 Å². The number of nitrogens with zero attached hydrogens (tertiary/aromatic N) is 2. The Kier molecular flexibility index (Phi) is 6.64. The summed E-state index contributed by atoms with van der Waals surface area (Å²) in [7, 11) is 0. The van der Waals surface area contributed by atoms with Crippen molar-refractivity contribution in [1.29, 1.82) is 0 Å². The first-order valence-electron chi connectivity index (χ1n) is 16.1. The lowest BCUT2D eigenvalue weighted by Crippen LogP contribution is -2.43. The number of hydrogen-bond donors (Lipinski definition) is 1. The van der Waals surface area contributed by atoms with Crippen LogP contribution in [0.2, 0.25) is 0 Å². The summed E-state index contributed by atoms with van der Waals surface area (Å²) in [6.07, 6.45) is 9.50. The Bertz CT molecular complexity index is 2420. The second-order valence-electron chi connectivity index (χ2n) is 12.2. The van der Waals surface area contributed by atoms with E-state index in [1.54, 1.807) is 0 Å². The number of rotatable bonds is 5. The second-order valence-corrected chi connectivity index (χ2v) is 12.2. The van der Waals surface area contributed by atoms with E-state index in [0.29, 0.717) is 0 Å². The molecule has 9 rings (SSSR count). The highest BCUT2D eigenvalue weighted by molar-refractivity contribution is 6.15. The largest absolute Gasteiger partial charge is 0.456 e. The molecule has 47 heavy (non-hydrogen) atoms. The maximum Gasteiger partial charge on any atom is 0.159 e. The molecule has 4 heteroatoms. The van der Waals surface area contributed by atoms with Crippen molar-refractivity contribution in [2.45, 2.75) is 12.6 Å². The molecule has 0 saturated heterocycles. The molecular weight excluding hydrogens is 574 g/mol. The van der Waals surface area contributed by atoms with Crippen molar-refractivity contribution in [2.75, 3.05) is 0 Å². The van der Waals surface area contributed by atoms with E-state index in [-0.39, 0.29) is 12.1 Å². The fraction of sp³-hybridized carbons (Fsp3) is 0.0698. The van der Waals surface area contributed by atoms with Gasteiger partial charge in [0, 0.05) is 27.8 Å². The van der Waals surface area contributed by atoms with Crippen molar-refractivity contribution in [2.24, 2.45) is 15.9 Å². The zero-order valence-electron chi connectivity index (χ0n) is 25.7. The van der Waals surface area contributed by atoms with Gasteiger partial charge in [0.2, 0.25) is 0 Å². The van der Waals surface area contributed by atoms with Gasteiger partial charge >= 0.3 is 0 Å². The molecular formula is C43H31N3O. The molecule has 0 radical (unpaired) electrons. The van der Waals surface area contributed by atoms with Crippen LogP contribution in [0.3, 0.4) is 0 Å². The summed E-state index contributed by atoms with van der Waals surface area (Å²) in [6.45, 7) is 0. The van der Waals surface area contributed by atoms with Crippen molar-refractivity contribution in [3.05, 3.63) is 169 Å². The maximum atomic E-state index is 6.42. The summed E-state index contributed by atoms with van der Waals surface area (Å²) in [5.41, 5.74) is 8.47. The summed E-state index contributed by atoms with van der Waals surface area (Å²) in [5, 5.41) is 8.19. The zero-order valence-corrected chi connectivity index (χ0v) is 25.7. The number of benzene rings is 6. The van der Waals surface area contributed by atoms with Crippen molar-refractivity contribution in [1.82, 2.24) is 5.32 Å². The Morgan fingerprint density at radius 1 is 0.596 bits per heavy atom. The molecule has 1 N–H and O–H groups in total. The lowest BCUT2D eigenvalue weighted by Gasteiger charge is -2.28. The van der Waals surface area contributed by atoms with Gasteiger partial charge in [0.15, 0.2) is 5.84 Å². The van der Waals surface area contributed by atoms with Gasteiger partial charge in [-0.3, -0.25) is 0 Å². The molecule has 1 aliphatic heterocycles. The van der Waals surface area contributed by atoms with Gasteiger partial charge in [-0.1, -0.05) is 127 Å². The summed E-state index contributed by atoms with van der Waals surface area (Å²) < 4.78 is 6.42. The number of furan rings is 1. The molecule has 0 amide bonds. The highest BCUT2D eigenvalue weighted by Gasteiger charge is 2.25. The summed E-state index contributed by atoms with van der Waals surface area (Å²) in [4.78, 5) is 10.2. The third kappa shape index (κ3) is 5.04. The van der Waals surface area contributed by atoms with Crippen LogP contribution in [0.15, 0.2) is 172 Å². The second kappa shape index (κ2) is 11.4. The van der Waals surface area contributed by atoms with Crippen molar-refractivity contribution in [3.63, 3.8) is 0 Å². The minimum Gasteiger partial charge on any atom is -0.456 e. The molecule has 0 spiro atoms. The Balaban J connectivity index is 1.13. The minimum atomic E-state index is -0.102. The van der Waals surface area contributed by atoms with E-state index in [0.717, 1.165) is 73.2 Å². The molecule has 6 aromatic carbocycles. The summed E-state index contributed by atoms with van der Waals surface area (Å²) >= 11 is 0. The predicted molar refractivity (Wildman–Crippen MR) is 195 cm³/mol. The molecule has 2 aliphatic rings. The molecule has 224 valence electrons. The molecule has 0 fully saturated rings. The Morgan fingerprint density at radius 2 is 1.36 bits per heavy atom. The molecule has 2 unspecified atom stereocenters. The Hall–Kier alpha value is -6.00. The van der Waals surface area contributed by atoms with Gasteiger partial charge in [0.05, 0.1) is 0 Å². The first-order chi connectivity index (χ1) is 23.3. The predicted octanol–water partition coefficient (Wildman–Crippen LogP) is 10.3. The van der Waals surface area contributed by atoms with Crippen LogP contribution in [0.5, 0.6) is 0 Å². The number of hydrogen-bond acceptors (Lipinski definition) is 4. The molecule has 2 atom stereocenters. The number of amidine groups is 2. The highest BCUT2D eigenvalue weighted by Crippen LogP contribution is 2.39. The fourth-order valence-corrected chi connectivity index (χ4v) is 6.82. The van der Waals surface area contributed by atoms with E-state index in [1.165, 1.54) is 10.9 Å². The van der Waals surface area contributed by atoms with Gasteiger partial charge in [0.1, 0.15) is 23.2 Å². The average molecular weight is 606 g/mol. The number of fused-ring (bicyclic) bond motifs is 4. The molecule has 4 nitrogen and oxygen atoms in total. The third-order valence-corrected chi connectivity index (χ3v) is 9.24. The van der Waals surface area contributed by atoms with Gasteiger partial charge in [-0.15, -0.1) is 0 Å². The van der Waals surface area contributed by atoms with Crippen LogP contribution >= 0.6 is 0 Å². The van der Waals surface area contributed by atoms with Crippen LogP contribution in [0.1, 0.15) is 17.5 Å². The van der Waals surface area contributed by atoms with Crippen LogP contribution in [0, 0.1) is 5.92 Å². The van der Waals surface area contributed by atoms with E-state index >= 15 is 0 Å². The van der Waals surface area contributed by atoms with Crippen LogP contribution in [0.25, 0.3) is 55.0 Å². The number of nitrogens with one attached hydrogen (secondary N) is 1. The maximum absolute atomic E-state index is 6.42. The number of allylic oxidation sites excluding steroid dienone is 3. The van der Waals surface area contributed by atoms with E-state index in [2.05, 4.69) is 139 Å². The van der Waals surface area contributed by atoms with Crippen LogP contribution in [0.4, 0.5) is 0 Å². The van der Waals surface area contributed by atoms with E-state index in [4.69, 9.17) is 14.4 Å². The van der Waals surface area contributed by atoms with Crippen LogP contribution < -0.4 is 5.32 Å². The summed E-state index contributed by atoms with van der Waals surface area (Å²) in [6, 6.07) is 46.8. The fourth-order valence-electron chi connectivity index (χ4n) is 6.82. The van der Waals surface area contributed by atoms with E-state index in [1.807, 2.05) is 24.3 Å². The molecule has 0 saturated carbocycles. The third-order valence-electron chi connectivity index (χ3n) is 9.24. The molecule has 1 aliphatic carbocycles. The molecule has 0 bridgehead atoms. The van der Waals surface area contributed by atoms with Gasteiger partial charge in [-0.25, -0.2) is 9.98 Å². The van der Waals surface area contributed by atoms with Crippen LogP contribution in [-0.2, 0) is 0 Å². The van der Waals surface area contributed by atoms with Crippen molar-refractivity contribution in [3.8, 4) is 22.3 Å². The SMILES string of the molecule is C1=CCC(C2N=C(c3ccc4ccc(-c5cccc6oc7cc(-c8ccccc8)ccc7c56)cc4c3)N=C(c3ccccc3)N2)C=C1. The zero-order chi connectivity index (χ0) is 31.2. The smallest absolute Gasteiger partial charge is 0.159 e. The van der Waals surface area contributed by atoms with E-state index in [9.17, 15) is 0 Å². The highest BCUT2D eigenvalue weighted by atomic mass is 16.3. The standard InChI is InChI=1S/C43H31N3O/c1-4-11-28(12-5-1)32-23-24-37-39(27-32)47-38-18-10-17-36(40(37)38)33-21-19-29-20-22-34(26-35(29)25-33)43-45-41(30-13-6-2-7-14-30)44-42(46-43)31-15-8-3-9-16-31/h1-15,17-27,31,42H,16H2,(H,44,45,46). The first kappa shape index (κ1) is 27.3. The Morgan fingerprint density at radius 3 is 2.17 bits per heavy atom. The minimum absolute atomic E-state index is 0.102. The Labute approximate surface area is 273 Å². The topological polar surface area (TPSA) is 49.9 Å². The van der Waals surface area contributed by atoms with Crippen molar-refractivity contribution >= 4 is 44.4 Å². The lowest BCUT2D eigenvalue weighted by atomic mass is 9.95. The average Bonchev–Trinajstić information content (AvgIpc) is 3.53. The van der Waals surface area contributed by atoms with E-state index < -0.39 is 0 Å². The quantitative estimate of drug-likeness (QED) is 0.212. The van der Waals surface area contributed by atoms with Gasteiger partial charge in [0.25, 0.3) is 0 Å². The number of aliphatic imine (C=N–C) groups is 2. The van der Waals surface area contributed by atoms with Crippen molar-refractivity contribution < 1.29 is 4.42 Å². The normalized spacial score (nSPS) is 17.5.